The first-order chi connectivity index (χ1) is 10.0. The molecule has 5 heteroatoms. The topological polar surface area (TPSA) is 21.3 Å². The van der Waals surface area contributed by atoms with E-state index < -0.39 is 11.6 Å². The summed E-state index contributed by atoms with van der Waals surface area (Å²) >= 11 is 3.48. The Kier molecular flexibility index (Phi) is 5.31. The second kappa shape index (κ2) is 7.00. The standard InChI is InChI=1S/C16H16BrF2NO/c1-3-20-16(10-6-11(18)8-12(19)7-10)14-9-13(21-2)4-5-15(14)17/h4-9,16,20H,3H2,1-2H3. The second-order valence-corrected chi connectivity index (χ2v) is 5.44. The molecule has 1 atom stereocenters. The molecule has 0 aromatic heterocycles. The van der Waals surface area contributed by atoms with Crippen molar-refractivity contribution < 1.29 is 13.5 Å². The van der Waals surface area contributed by atoms with Gasteiger partial charge in [-0.2, -0.15) is 0 Å². The summed E-state index contributed by atoms with van der Waals surface area (Å²) in [6, 6.07) is 8.74. The monoisotopic (exact) mass is 355 g/mol. The van der Waals surface area contributed by atoms with Crippen LogP contribution < -0.4 is 10.1 Å². The molecule has 0 saturated carbocycles. The fraction of sp³-hybridized carbons (Fsp3) is 0.250. The lowest BCUT2D eigenvalue weighted by molar-refractivity contribution is 0.413. The molecular formula is C16H16BrF2NO. The van der Waals surface area contributed by atoms with Crippen molar-refractivity contribution in [3.8, 4) is 5.75 Å². The molecule has 2 rings (SSSR count). The van der Waals surface area contributed by atoms with Crippen LogP contribution in [0.15, 0.2) is 40.9 Å². The Morgan fingerprint density at radius 1 is 1.14 bits per heavy atom. The van der Waals surface area contributed by atoms with Crippen LogP contribution in [0.5, 0.6) is 5.75 Å². The van der Waals surface area contributed by atoms with Crippen molar-refractivity contribution in [1.29, 1.82) is 0 Å². The largest absolute Gasteiger partial charge is 0.497 e. The molecule has 2 aromatic carbocycles. The van der Waals surface area contributed by atoms with E-state index in [4.69, 9.17) is 4.74 Å². The number of methoxy groups -OCH3 is 1. The van der Waals surface area contributed by atoms with Crippen LogP contribution in [0.3, 0.4) is 0 Å². The van der Waals surface area contributed by atoms with E-state index in [9.17, 15) is 8.78 Å². The lowest BCUT2D eigenvalue weighted by atomic mass is 9.98. The van der Waals surface area contributed by atoms with Gasteiger partial charge in [-0.25, -0.2) is 8.78 Å². The molecule has 112 valence electrons. The molecule has 0 aliphatic heterocycles. The first-order valence-corrected chi connectivity index (χ1v) is 7.37. The molecule has 0 amide bonds. The van der Waals surface area contributed by atoms with Gasteiger partial charge in [-0.15, -0.1) is 0 Å². The normalized spacial score (nSPS) is 12.2. The van der Waals surface area contributed by atoms with E-state index in [0.29, 0.717) is 17.9 Å². The van der Waals surface area contributed by atoms with Crippen molar-refractivity contribution in [2.75, 3.05) is 13.7 Å². The zero-order chi connectivity index (χ0) is 15.4. The fourth-order valence-corrected chi connectivity index (χ4v) is 2.70. The lowest BCUT2D eigenvalue weighted by Crippen LogP contribution is -2.22. The molecule has 0 saturated heterocycles. The summed E-state index contributed by atoms with van der Waals surface area (Å²) in [4.78, 5) is 0. The van der Waals surface area contributed by atoms with Gasteiger partial charge in [0.05, 0.1) is 13.2 Å². The third-order valence-corrected chi connectivity index (χ3v) is 3.86. The third-order valence-electron chi connectivity index (χ3n) is 3.14. The van der Waals surface area contributed by atoms with Crippen LogP contribution in [0.25, 0.3) is 0 Å². The predicted octanol–water partition coefficient (Wildman–Crippen LogP) is 4.43. The van der Waals surface area contributed by atoms with Crippen LogP contribution in [0.4, 0.5) is 8.78 Å². The SMILES string of the molecule is CCNC(c1cc(F)cc(F)c1)c1cc(OC)ccc1Br. The Morgan fingerprint density at radius 2 is 1.81 bits per heavy atom. The maximum absolute atomic E-state index is 13.5. The highest BCUT2D eigenvalue weighted by molar-refractivity contribution is 9.10. The van der Waals surface area contributed by atoms with Gasteiger partial charge in [0.2, 0.25) is 0 Å². The maximum Gasteiger partial charge on any atom is 0.126 e. The first-order valence-electron chi connectivity index (χ1n) is 6.58. The summed E-state index contributed by atoms with van der Waals surface area (Å²) in [5.74, 6) is -0.494. The van der Waals surface area contributed by atoms with E-state index in [1.807, 2.05) is 25.1 Å². The Hall–Kier alpha value is -1.46. The summed E-state index contributed by atoms with van der Waals surface area (Å²) in [7, 11) is 1.58. The van der Waals surface area contributed by atoms with Gasteiger partial charge in [-0.1, -0.05) is 22.9 Å². The van der Waals surface area contributed by atoms with E-state index in [1.165, 1.54) is 12.1 Å². The van der Waals surface area contributed by atoms with Gasteiger partial charge in [0, 0.05) is 10.5 Å². The average molecular weight is 356 g/mol. The van der Waals surface area contributed by atoms with Crippen LogP contribution in [0.1, 0.15) is 24.1 Å². The lowest BCUT2D eigenvalue weighted by Gasteiger charge is -2.21. The highest BCUT2D eigenvalue weighted by Crippen LogP contribution is 2.32. The minimum absolute atomic E-state index is 0.329. The molecule has 0 fully saturated rings. The van der Waals surface area contributed by atoms with Crippen molar-refractivity contribution in [2.24, 2.45) is 0 Å². The van der Waals surface area contributed by atoms with Crippen molar-refractivity contribution in [2.45, 2.75) is 13.0 Å². The third kappa shape index (κ3) is 3.80. The molecule has 2 nitrogen and oxygen atoms in total. The highest BCUT2D eigenvalue weighted by Gasteiger charge is 2.18. The number of hydrogen-bond donors (Lipinski definition) is 1. The molecule has 2 aromatic rings. The summed E-state index contributed by atoms with van der Waals surface area (Å²) in [5, 5.41) is 3.24. The van der Waals surface area contributed by atoms with Crippen LogP contribution in [0, 0.1) is 11.6 Å². The van der Waals surface area contributed by atoms with E-state index in [2.05, 4.69) is 21.2 Å². The molecular weight excluding hydrogens is 340 g/mol. The van der Waals surface area contributed by atoms with Gasteiger partial charge < -0.3 is 10.1 Å². The molecule has 0 aliphatic carbocycles. The van der Waals surface area contributed by atoms with Crippen molar-refractivity contribution in [1.82, 2.24) is 5.32 Å². The van der Waals surface area contributed by atoms with Crippen molar-refractivity contribution in [3.63, 3.8) is 0 Å². The number of rotatable bonds is 5. The second-order valence-electron chi connectivity index (χ2n) is 4.58. The first kappa shape index (κ1) is 15.9. The summed E-state index contributed by atoms with van der Waals surface area (Å²) in [6.45, 7) is 2.60. The van der Waals surface area contributed by atoms with Gasteiger partial charge >= 0.3 is 0 Å². The molecule has 0 radical (unpaired) electrons. The predicted molar refractivity (Wildman–Crippen MR) is 82.6 cm³/mol. The molecule has 0 spiro atoms. The van der Waals surface area contributed by atoms with E-state index in [1.54, 1.807) is 7.11 Å². The summed E-state index contributed by atoms with van der Waals surface area (Å²) in [5.41, 5.74) is 1.39. The number of hydrogen-bond acceptors (Lipinski definition) is 2. The van der Waals surface area contributed by atoms with E-state index >= 15 is 0 Å². The number of nitrogens with one attached hydrogen (secondary N) is 1. The zero-order valence-corrected chi connectivity index (χ0v) is 13.4. The summed E-state index contributed by atoms with van der Waals surface area (Å²) in [6.07, 6.45) is 0. The average Bonchev–Trinajstić information content (AvgIpc) is 2.44. The smallest absolute Gasteiger partial charge is 0.126 e. The molecule has 1 unspecified atom stereocenters. The van der Waals surface area contributed by atoms with Crippen LogP contribution >= 0.6 is 15.9 Å². The highest BCUT2D eigenvalue weighted by atomic mass is 79.9. The Morgan fingerprint density at radius 3 is 2.38 bits per heavy atom. The van der Waals surface area contributed by atoms with Crippen molar-refractivity contribution in [3.05, 3.63) is 63.6 Å². The van der Waals surface area contributed by atoms with Gasteiger partial charge in [-0.05, 0) is 48.0 Å². The summed E-state index contributed by atoms with van der Waals surface area (Å²) < 4.78 is 33.0. The van der Waals surface area contributed by atoms with Gasteiger partial charge in [0.1, 0.15) is 17.4 Å². The maximum atomic E-state index is 13.5. The van der Waals surface area contributed by atoms with Gasteiger partial charge in [0.15, 0.2) is 0 Å². The Balaban J connectivity index is 2.52. The molecule has 0 bridgehead atoms. The molecule has 0 heterocycles. The zero-order valence-electron chi connectivity index (χ0n) is 11.8. The fourth-order valence-electron chi connectivity index (χ4n) is 2.22. The Labute approximate surface area is 131 Å². The van der Waals surface area contributed by atoms with Crippen LogP contribution in [-0.2, 0) is 0 Å². The van der Waals surface area contributed by atoms with E-state index in [-0.39, 0.29) is 6.04 Å². The quantitative estimate of drug-likeness (QED) is 0.856. The molecule has 0 aliphatic rings. The number of ether oxygens (including phenoxy) is 1. The van der Waals surface area contributed by atoms with Crippen LogP contribution in [0.2, 0.25) is 0 Å². The number of halogens is 3. The van der Waals surface area contributed by atoms with E-state index in [0.717, 1.165) is 16.1 Å². The molecule has 21 heavy (non-hydrogen) atoms. The van der Waals surface area contributed by atoms with Gasteiger partial charge in [-0.3, -0.25) is 0 Å². The Bertz CT molecular complexity index is 613. The van der Waals surface area contributed by atoms with Crippen molar-refractivity contribution >= 4 is 15.9 Å². The number of benzene rings is 2. The van der Waals surface area contributed by atoms with Gasteiger partial charge in [0.25, 0.3) is 0 Å². The molecule has 1 N–H and O–H groups in total. The van der Waals surface area contributed by atoms with Crippen LogP contribution in [-0.4, -0.2) is 13.7 Å². The minimum Gasteiger partial charge on any atom is -0.497 e. The minimum atomic E-state index is -0.591.